The first kappa shape index (κ1) is 12.2. The third-order valence-corrected chi connectivity index (χ3v) is 2.69. The van der Waals surface area contributed by atoms with Crippen LogP contribution >= 0.6 is 0 Å². The van der Waals surface area contributed by atoms with E-state index in [-0.39, 0.29) is 5.82 Å². The molecular weight excluding hydrogens is 233 g/mol. The van der Waals surface area contributed by atoms with E-state index in [4.69, 9.17) is 15.2 Å². The summed E-state index contributed by atoms with van der Waals surface area (Å²) in [5.41, 5.74) is 6.99. The second kappa shape index (κ2) is 4.96. The van der Waals surface area contributed by atoms with Gasteiger partial charge in [-0.2, -0.15) is 0 Å². The molecule has 0 aliphatic rings. The Hall–Kier alpha value is -2.23. The van der Waals surface area contributed by atoms with Crippen LogP contribution in [0, 0.1) is 5.82 Å². The molecule has 2 aromatic carbocycles. The lowest BCUT2D eigenvalue weighted by Gasteiger charge is -2.11. The summed E-state index contributed by atoms with van der Waals surface area (Å²) in [7, 11) is 3.10. The molecule has 0 aliphatic carbocycles. The number of hydrogen-bond donors (Lipinski definition) is 1. The standard InChI is InChI=1S/C14H14FNO2/c1-17-10-4-6-14(18-2)12(8-10)11-5-3-9(16)7-13(11)15/h3-8H,16H2,1-2H3. The molecule has 94 valence electrons. The predicted molar refractivity (Wildman–Crippen MR) is 69.4 cm³/mol. The molecule has 0 heterocycles. The van der Waals surface area contributed by atoms with Crippen LogP contribution in [0.4, 0.5) is 10.1 Å². The van der Waals surface area contributed by atoms with Crippen molar-refractivity contribution in [3.63, 3.8) is 0 Å². The Balaban J connectivity index is 2.60. The van der Waals surface area contributed by atoms with Gasteiger partial charge in [0.1, 0.15) is 17.3 Å². The number of anilines is 1. The Morgan fingerprint density at radius 2 is 1.72 bits per heavy atom. The quantitative estimate of drug-likeness (QED) is 0.848. The van der Waals surface area contributed by atoms with E-state index in [2.05, 4.69) is 0 Å². The van der Waals surface area contributed by atoms with Crippen molar-refractivity contribution in [2.24, 2.45) is 0 Å². The van der Waals surface area contributed by atoms with Crippen molar-refractivity contribution in [2.45, 2.75) is 0 Å². The van der Waals surface area contributed by atoms with Gasteiger partial charge in [-0.25, -0.2) is 4.39 Å². The van der Waals surface area contributed by atoms with E-state index in [0.29, 0.717) is 28.3 Å². The maximum Gasteiger partial charge on any atom is 0.133 e. The van der Waals surface area contributed by atoms with Crippen molar-refractivity contribution in [3.8, 4) is 22.6 Å². The maximum atomic E-state index is 13.9. The zero-order chi connectivity index (χ0) is 13.1. The Morgan fingerprint density at radius 3 is 2.33 bits per heavy atom. The molecule has 0 bridgehead atoms. The van der Waals surface area contributed by atoms with Gasteiger partial charge in [0.25, 0.3) is 0 Å². The molecule has 0 fully saturated rings. The van der Waals surface area contributed by atoms with Gasteiger partial charge in [-0.15, -0.1) is 0 Å². The number of nitrogen functional groups attached to an aromatic ring is 1. The topological polar surface area (TPSA) is 44.5 Å². The van der Waals surface area contributed by atoms with Crippen molar-refractivity contribution in [3.05, 3.63) is 42.2 Å². The number of halogens is 1. The fraction of sp³-hybridized carbons (Fsp3) is 0.143. The molecule has 0 aliphatic heterocycles. The van der Waals surface area contributed by atoms with Crippen LogP contribution in [0.1, 0.15) is 0 Å². The number of hydrogen-bond acceptors (Lipinski definition) is 3. The number of ether oxygens (including phenoxy) is 2. The van der Waals surface area contributed by atoms with E-state index in [9.17, 15) is 4.39 Å². The lowest BCUT2D eigenvalue weighted by Crippen LogP contribution is -1.94. The Labute approximate surface area is 105 Å². The van der Waals surface area contributed by atoms with Crippen LogP contribution in [0.5, 0.6) is 11.5 Å². The van der Waals surface area contributed by atoms with Gasteiger partial charge in [-0.1, -0.05) is 0 Å². The molecule has 0 unspecified atom stereocenters. The second-order valence-corrected chi connectivity index (χ2v) is 3.81. The summed E-state index contributed by atoms with van der Waals surface area (Å²) in [6.07, 6.45) is 0. The number of methoxy groups -OCH3 is 2. The minimum Gasteiger partial charge on any atom is -0.497 e. The largest absolute Gasteiger partial charge is 0.497 e. The highest BCUT2D eigenvalue weighted by Gasteiger charge is 2.12. The molecule has 0 spiro atoms. The zero-order valence-electron chi connectivity index (χ0n) is 10.2. The molecule has 0 saturated carbocycles. The van der Waals surface area contributed by atoms with Crippen LogP contribution in [0.15, 0.2) is 36.4 Å². The highest BCUT2D eigenvalue weighted by atomic mass is 19.1. The molecule has 0 saturated heterocycles. The molecule has 2 aromatic rings. The molecule has 0 amide bonds. The number of rotatable bonds is 3. The van der Waals surface area contributed by atoms with E-state index in [1.807, 2.05) is 0 Å². The Bertz CT molecular complexity index is 570. The third-order valence-electron chi connectivity index (χ3n) is 2.69. The summed E-state index contributed by atoms with van der Waals surface area (Å²) in [5, 5.41) is 0. The minimum atomic E-state index is -0.387. The maximum absolute atomic E-state index is 13.9. The molecule has 4 heteroatoms. The normalized spacial score (nSPS) is 10.2. The Morgan fingerprint density at radius 1 is 0.944 bits per heavy atom. The lowest BCUT2D eigenvalue weighted by atomic mass is 10.0. The summed E-state index contributed by atoms with van der Waals surface area (Å²) < 4.78 is 24.3. The third kappa shape index (κ3) is 2.22. The highest BCUT2D eigenvalue weighted by Crippen LogP contribution is 2.35. The first-order chi connectivity index (χ1) is 8.65. The van der Waals surface area contributed by atoms with Crippen molar-refractivity contribution in [1.29, 1.82) is 0 Å². The van der Waals surface area contributed by atoms with Crippen LogP contribution in [-0.4, -0.2) is 14.2 Å². The first-order valence-corrected chi connectivity index (χ1v) is 5.43. The molecule has 0 aromatic heterocycles. The van der Waals surface area contributed by atoms with Crippen molar-refractivity contribution < 1.29 is 13.9 Å². The van der Waals surface area contributed by atoms with Crippen LogP contribution in [-0.2, 0) is 0 Å². The molecule has 2 rings (SSSR count). The van der Waals surface area contributed by atoms with Gasteiger partial charge in [0, 0.05) is 16.8 Å². The van der Waals surface area contributed by atoms with Gasteiger partial charge >= 0.3 is 0 Å². The van der Waals surface area contributed by atoms with E-state index >= 15 is 0 Å². The van der Waals surface area contributed by atoms with Gasteiger partial charge in [-0.3, -0.25) is 0 Å². The molecule has 2 N–H and O–H groups in total. The van der Waals surface area contributed by atoms with Crippen LogP contribution in [0.25, 0.3) is 11.1 Å². The monoisotopic (exact) mass is 247 g/mol. The fourth-order valence-corrected chi connectivity index (χ4v) is 1.77. The highest BCUT2D eigenvalue weighted by molar-refractivity contribution is 5.73. The number of nitrogens with two attached hydrogens (primary N) is 1. The van der Waals surface area contributed by atoms with Gasteiger partial charge in [0.05, 0.1) is 14.2 Å². The first-order valence-electron chi connectivity index (χ1n) is 5.43. The lowest BCUT2D eigenvalue weighted by molar-refractivity contribution is 0.404. The fourth-order valence-electron chi connectivity index (χ4n) is 1.77. The predicted octanol–water partition coefficient (Wildman–Crippen LogP) is 3.09. The number of benzene rings is 2. The van der Waals surface area contributed by atoms with Gasteiger partial charge in [0.15, 0.2) is 0 Å². The van der Waals surface area contributed by atoms with Crippen molar-refractivity contribution in [2.75, 3.05) is 20.0 Å². The summed E-state index contributed by atoms with van der Waals surface area (Å²) in [6.45, 7) is 0. The summed E-state index contributed by atoms with van der Waals surface area (Å²) in [6, 6.07) is 9.79. The minimum absolute atomic E-state index is 0.387. The van der Waals surface area contributed by atoms with Gasteiger partial charge in [-0.05, 0) is 36.4 Å². The van der Waals surface area contributed by atoms with Gasteiger partial charge < -0.3 is 15.2 Å². The Kier molecular flexibility index (Phi) is 3.37. The zero-order valence-corrected chi connectivity index (χ0v) is 10.2. The molecule has 0 radical (unpaired) electrons. The van der Waals surface area contributed by atoms with E-state index in [1.54, 1.807) is 44.6 Å². The van der Waals surface area contributed by atoms with Crippen LogP contribution in [0.2, 0.25) is 0 Å². The SMILES string of the molecule is COc1ccc(OC)c(-c2ccc(N)cc2F)c1. The second-order valence-electron chi connectivity index (χ2n) is 3.81. The smallest absolute Gasteiger partial charge is 0.133 e. The average Bonchev–Trinajstić information content (AvgIpc) is 2.38. The molecule has 3 nitrogen and oxygen atoms in total. The van der Waals surface area contributed by atoms with Crippen molar-refractivity contribution >= 4 is 5.69 Å². The van der Waals surface area contributed by atoms with E-state index in [0.717, 1.165) is 0 Å². The van der Waals surface area contributed by atoms with E-state index in [1.165, 1.54) is 6.07 Å². The van der Waals surface area contributed by atoms with Gasteiger partial charge in [0.2, 0.25) is 0 Å². The molecular formula is C14H14FNO2. The summed E-state index contributed by atoms with van der Waals surface area (Å²) in [4.78, 5) is 0. The average molecular weight is 247 g/mol. The van der Waals surface area contributed by atoms with Crippen molar-refractivity contribution in [1.82, 2.24) is 0 Å². The summed E-state index contributed by atoms with van der Waals surface area (Å²) in [5.74, 6) is 0.836. The summed E-state index contributed by atoms with van der Waals surface area (Å²) >= 11 is 0. The molecule has 18 heavy (non-hydrogen) atoms. The molecule has 0 atom stereocenters. The van der Waals surface area contributed by atoms with Crippen LogP contribution in [0.3, 0.4) is 0 Å². The van der Waals surface area contributed by atoms with E-state index < -0.39 is 0 Å². The van der Waals surface area contributed by atoms with Crippen LogP contribution < -0.4 is 15.2 Å².